The molecule has 4 heteroatoms. The van der Waals surface area contributed by atoms with Gasteiger partial charge in [-0.05, 0) is 12.5 Å². The lowest BCUT2D eigenvalue weighted by atomic mass is 10.0. The van der Waals surface area contributed by atoms with Crippen molar-refractivity contribution >= 4 is 5.82 Å². The van der Waals surface area contributed by atoms with E-state index in [1.165, 1.54) is 0 Å². The van der Waals surface area contributed by atoms with Gasteiger partial charge in [0.05, 0.1) is 12.7 Å². The van der Waals surface area contributed by atoms with E-state index in [0.29, 0.717) is 5.82 Å². The smallest absolute Gasteiger partial charge is 0.175 e. The van der Waals surface area contributed by atoms with Gasteiger partial charge < -0.3 is 15.0 Å². The molecular weight excluding hydrogens is 228 g/mol. The van der Waals surface area contributed by atoms with Crippen molar-refractivity contribution in [2.24, 2.45) is 0 Å². The largest absolute Gasteiger partial charge is 0.496 e. The van der Waals surface area contributed by atoms with E-state index < -0.39 is 0 Å². The molecule has 4 nitrogen and oxygen atoms in total. The van der Waals surface area contributed by atoms with Gasteiger partial charge in [-0.25, -0.2) is 0 Å². The number of hydrogen-bond donors (Lipinski definition) is 1. The van der Waals surface area contributed by atoms with Crippen LogP contribution in [0.3, 0.4) is 0 Å². The van der Waals surface area contributed by atoms with E-state index in [4.69, 9.17) is 15.0 Å². The van der Waals surface area contributed by atoms with Crippen molar-refractivity contribution in [2.45, 2.75) is 26.2 Å². The van der Waals surface area contributed by atoms with Crippen LogP contribution in [0.2, 0.25) is 0 Å². The molecule has 2 rings (SSSR count). The van der Waals surface area contributed by atoms with Gasteiger partial charge in [-0.15, -0.1) is 0 Å². The summed E-state index contributed by atoms with van der Waals surface area (Å²) < 4.78 is 10.7. The maximum Gasteiger partial charge on any atom is 0.175 e. The van der Waals surface area contributed by atoms with Gasteiger partial charge in [0, 0.05) is 12.0 Å². The summed E-state index contributed by atoms with van der Waals surface area (Å²) in [7, 11) is 1.65. The number of para-hydroxylation sites is 1. The average molecular weight is 246 g/mol. The van der Waals surface area contributed by atoms with Crippen LogP contribution in [0.15, 0.2) is 28.8 Å². The highest BCUT2D eigenvalue weighted by atomic mass is 16.5. The monoisotopic (exact) mass is 246 g/mol. The molecule has 1 heterocycles. The van der Waals surface area contributed by atoms with E-state index in [1.54, 1.807) is 7.11 Å². The Morgan fingerprint density at radius 1 is 1.33 bits per heavy atom. The molecule has 96 valence electrons. The van der Waals surface area contributed by atoms with Crippen LogP contribution in [0.4, 0.5) is 5.82 Å². The van der Waals surface area contributed by atoms with Crippen LogP contribution in [0.25, 0.3) is 11.1 Å². The number of nitrogens with zero attached hydrogens (tertiary/aromatic N) is 1. The van der Waals surface area contributed by atoms with E-state index in [-0.39, 0.29) is 0 Å². The number of nitrogen functional groups attached to an aromatic ring is 1. The van der Waals surface area contributed by atoms with Gasteiger partial charge in [0.25, 0.3) is 0 Å². The molecule has 0 radical (unpaired) electrons. The summed E-state index contributed by atoms with van der Waals surface area (Å²) in [4.78, 5) is 0. The zero-order valence-electron chi connectivity index (χ0n) is 10.8. The number of aryl methyl sites for hydroxylation is 1. The van der Waals surface area contributed by atoms with Crippen molar-refractivity contribution in [1.82, 2.24) is 5.16 Å². The Morgan fingerprint density at radius 3 is 2.83 bits per heavy atom. The van der Waals surface area contributed by atoms with Crippen molar-refractivity contribution in [1.29, 1.82) is 0 Å². The number of benzene rings is 1. The Balaban J connectivity index is 2.45. The third-order valence-electron chi connectivity index (χ3n) is 2.92. The molecule has 0 saturated carbocycles. The zero-order chi connectivity index (χ0) is 13.0. The molecule has 0 aliphatic carbocycles. The number of anilines is 1. The standard InChI is InChI=1S/C14H18N2O2/c1-3-4-8-12-13(14(15)16-18-12)10-7-5-6-9-11(10)17-2/h5-7,9H,3-4,8H2,1-2H3,(H2,15,16). The Morgan fingerprint density at radius 2 is 2.11 bits per heavy atom. The van der Waals surface area contributed by atoms with Crippen molar-refractivity contribution in [3.8, 4) is 16.9 Å². The Hall–Kier alpha value is -1.97. The quantitative estimate of drug-likeness (QED) is 0.879. The minimum atomic E-state index is 0.422. The molecule has 2 N–H and O–H groups in total. The Bertz CT molecular complexity index is 520. The number of aromatic nitrogens is 1. The van der Waals surface area contributed by atoms with Crippen molar-refractivity contribution in [2.75, 3.05) is 12.8 Å². The number of nitrogens with two attached hydrogens (primary N) is 1. The maximum atomic E-state index is 5.91. The second-order valence-corrected chi connectivity index (χ2v) is 4.17. The highest BCUT2D eigenvalue weighted by Crippen LogP contribution is 2.36. The SMILES string of the molecule is CCCCc1onc(N)c1-c1ccccc1OC. The van der Waals surface area contributed by atoms with Gasteiger partial charge in [-0.3, -0.25) is 0 Å². The fourth-order valence-corrected chi connectivity index (χ4v) is 1.99. The number of methoxy groups -OCH3 is 1. The highest BCUT2D eigenvalue weighted by molar-refractivity contribution is 5.79. The first-order chi connectivity index (χ1) is 8.77. The molecule has 0 aliphatic heterocycles. The topological polar surface area (TPSA) is 61.3 Å². The molecule has 0 atom stereocenters. The van der Waals surface area contributed by atoms with Gasteiger partial charge in [0.15, 0.2) is 5.82 Å². The Labute approximate surface area is 107 Å². The maximum absolute atomic E-state index is 5.91. The van der Waals surface area contributed by atoms with Crippen LogP contribution in [0.1, 0.15) is 25.5 Å². The first-order valence-corrected chi connectivity index (χ1v) is 6.15. The van der Waals surface area contributed by atoms with Crippen LogP contribution in [0.5, 0.6) is 5.75 Å². The van der Waals surface area contributed by atoms with Crippen molar-refractivity contribution in [3.63, 3.8) is 0 Å². The van der Waals surface area contributed by atoms with Crippen LogP contribution < -0.4 is 10.5 Å². The minimum Gasteiger partial charge on any atom is -0.496 e. The van der Waals surface area contributed by atoms with E-state index in [2.05, 4.69) is 12.1 Å². The van der Waals surface area contributed by atoms with Gasteiger partial charge in [0.2, 0.25) is 0 Å². The van der Waals surface area contributed by atoms with E-state index >= 15 is 0 Å². The second kappa shape index (κ2) is 5.58. The lowest BCUT2D eigenvalue weighted by molar-refractivity contribution is 0.383. The first-order valence-electron chi connectivity index (χ1n) is 6.15. The lowest BCUT2D eigenvalue weighted by Crippen LogP contribution is -1.94. The predicted octanol–water partition coefficient (Wildman–Crippen LogP) is 3.28. The molecule has 0 bridgehead atoms. The summed E-state index contributed by atoms with van der Waals surface area (Å²) in [6.07, 6.45) is 3.00. The van der Waals surface area contributed by atoms with Crippen LogP contribution in [-0.4, -0.2) is 12.3 Å². The second-order valence-electron chi connectivity index (χ2n) is 4.17. The Kier molecular flexibility index (Phi) is 3.87. The number of hydrogen-bond acceptors (Lipinski definition) is 4. The van der Waals surface area contributed by atoms with Crippen molar-refractivity contribution < 1.29 is 9.26 Å². The first kappa shape index (κ1) is 12.5. The number of unbranched alkanes of at least 4 members (excludes halogenated alkanes) is 1. The van der Waals surface area contributed by atoms with Gasteiger partial charge in [-0.1, -0.05) is 36.7 Å². The third kappa shape index (κ3) is 2.32. The molecule has 0 aliphatic rings. The molecule has 0 saturated heterocycles. The molecule has 0 spiro atoms. The summed E-state index contributed by atoms with van der Waals surface area (Å²) in [5, 5.41) is 3.87. The van der Waals surface area contributed by atoms with E-state index in [1.807, 2.05) is 24.3 Å². The average Bonchev–Trinajstić information content (AvgIpc) is 2.77. The van der Waals surface area contributed by atoms with E-state index in [0.717, 1.165) is 41.9 Å². The van der Waals surface area contributed by atoms with Crippen LogP contribution >= 0.6 is 0 Å². The summed E-state index contributed by atoms with van der Waals surface area (Å²) in [6.45, 7) is 2.14. The van der Waals surface area contributed by atoms with E-state index in [9.17, 15) is 0 Å². The van der Waals surface area contributed by atoms with Gasteiger partial charge >= 0.3 is 0 Å². The van der Waals surface area contributed by atoms with Gasteiger partial charge in [-0.2, -0.15) is 0 Å². The molecule has 2 aromatic rings. The third-order valence-corrected chi connectivity index (χ3v) is 2.92. The highest BCUT2D eigenvalue weighted by Gasteiger charge is 2.18. The molecule has 0 unspecified atom stereocenters. The predicted molar refractivity (Wildman–Crippen MR) is 71.5 cm³/mol. The molecule has 0 amide bonds. The number of rotatable bonds is 5. The normalized spacial score (nSPS) is 10.6. The van der Waals surface area contributed by atoms with Crippen LogP contribution in [0, 0.1) is 0 Å². The molecule has 1 aromatic carbocycles. The molecular formula is C14H18N2O2. The fraction of sp³-hybridized carbons (Fsp3) is 0.357. The zero-order valence-corrected chi connectivity index (χ0v) is 10.8. The van der Waals surface area contributed by atoms with Crippen LogP contribution in [-0.2, 0) is 6.42 Å². The summed E-state index contributed by atoms with van der Waals surface area (Å²) in [5.74, 6) is 2.04. The molecule has 1 aromatic heterocycles. The summed E-state index contributed by atoms with van der Waals surface area (Å²) in [6, 6.07) is 7.76. The minimum absolute atomic E-state index is 0.422. The van der Waals surface area contributed by atoms with Gasteiger partial charge in [0.1, 0.15) is 11.5 Å². The number of ether oxygens (including phenoxy) is 1. The molecule has 0 fully saturated rings. The molecule has 18 heavy (non-hydrogen) atoms. The summed E-state index contributed by atoms with van der Waals surface area (Å²) in [5.41, 5.74) is 7.71. The summed E-state index contributed by atoms with van der Waals surface area (Å²) >= 11 is 0. The lowest BCUT2D eigenvalue weighted by Gasteiger charge is -2.08. The van der Waals surface area contributed by atoms with Crippen molar-refractivity contribution in [3.05, 3.63) is 30.0 Å². The fourth-order valence-electron chi connectivity index (χ4n) is 1.99.